The molecule has 2 rings (SSSR count). The second kappa shape index (κ2) is 6.99. The predicted octanol–water partition coefficient (Wildman–Crippen LogP) is 5.15. The molecular weight excluding hydrogens is 388 g/mol. The Kier molecular flexibility index (Phi) is 5.31. The molecule has 0 saturated heterocycles. The van der Waals surface area contributed by atoms with Crippen molar-refractivity contribution in [1.29, 1.82) is 0 Å². The van der Waals surface area contributed by atoms with Gasteiger partial charge in [-0.05, 0) is 33.6 Å². The summed E-state index contributed by atoms with van der Waals surface area (Å²) in [7, 11) is 3.22. The zero-order chi connectivity index (χ0) is 14.5. The minimum Gasteiger partial charge on any atom is -0.496 e. The Hall–Kier alpha value is -1.20. The van der Waals surface area contributed by atoms with Crippen LogP contribution in [-0.4, -0.2) is 14.2 Å². The molecule has 0 aromatic heterocycles. The highest BCUT2D eigenvalue weighted by Crippen LogP contribution is 2.34. The van der Waals surface area contributed by atoms with Crippen LogP contribution in [0.4, 0.5) is 0 Å². The van der Waals surface area contributed by atoms with Gasteiger partial charge in [0.25, 0.3) is 0 Å². The van der Waals surface area contributed by atoms with Crippen molar-refractivity contribution in [3.8, 4) is 23.0 Å². The number of hydrogen-bond donors (Lipinski definition) is 0. The summed E-state index contributed by atoms with van der Waals surface area (Å²) in [4.78, 5) is 0. The molecule has 0 aliphatic carbocycles. The third kappa shape index (κ3) is 3.67. The average Bonchev–Trinajstić information content (AvgIpc) is 2.48. The van der Waals surface area contributed by atoms with Crippen molar-refractivity contribution in [2.75, 3.05) is 14.2 Å². The van der Waals surface area contributed by atoms with E-state index in [1.165, 1.54) is 5.56 Å². The smallest absolute Gasteiger partial charge is 0.141 e. The summed E-state index contributed by atoms with van der Waals surface area (Å²) in [6.45, 7) is 0. The third-order valence-corrected chi connectivity index (χ3v) is 3.97. The fourth-order valence-electron chi connectivity index (χ4n) is 1.68. The van der Waals surface area contributed by atoms with Gasteiger partial charge in [-0.3, -0.25) is 0 Å². The summed E-state index contributed by atoms with van der Waals surface area (Å²) in [5.41, 5.74) is 1.17. The number of alkyl halides is 1. The lowest BCUT2D eigenvalue weighted by atomic mass is 10.2. The molecular formula is C15H14Br2O3. The van der Waals surface area contributed by atoms with E-state index in [-0.39, 0.29) is 0 Å². The van der Waals surface area contributed by atoms with E-state index in [1.807, 2.05) is 30.3 Å². The van der Waals surface area contributed by atoms with Crippen molar-refractivity contribution in [1.82, 2.24) is 0 Å². The molecule has 0 spiro atoms. The van der Waals surface area contributed by atoms with Crippen molar-refractivity contribution < 1.29 is 14.2 Å². The Bertz CT molecular complexity index is 577. The number of halogens is 2. The molecule has 2 aromatic carbocycles. The summed E-state index contributed by atoms with van der Waals surface area (Å²) >= 11 is 6.93. The Balaban J connectivity index is 2.29. The number of ether oxygens (including phenoxy) is 3. The predicted molar refractivity (Wildman–Crippen MR) is 86.4 cm³/mol. The molecule has 106 valence electrons. The molecule has 5 heteroatoms. The lowest BCUT2D eigenvalue weighted by molar-refractivity contribution is 0.386. The molecule has 0 radical (unpaired) electrons. The molecule has 0 unspecified atom stereocenters. The van der Waals surface area contributed by atoms with Crippen molar-refractivity contribution in [3.63, 3.8) is 0 Å². The maximum atomic E-state index is 5.87. The maximum absolute atomic E-state index is 5.87. The van der Waals surface area contributed by atoms with Gasteiger partial charge in [0, 0.05) is 23.5 Å². The van der Waals surface area contributed by atoms with Crippen LogP contribution in [0.5, 0.6) is 23.0 Å². The molecule has 0 saturated carbocycles. The highest BCUT2D eigenvalue weighted by molar-refractivity contribution is 9.10. The van der Waals surface area contributed by atoms with E-state index < -0.39 is 0 Å². The first-order chi connectivity index (χ1) is 9.66. The maximum Gasteiger partial charge on any atom is 0.141 e. The lowest BCUT2D eigenvalue weighted by Gasteiger charge is -2.11. The molecule has 0 N–H and O–H groups in total. The van der Waals surface area contributed by atoms with E-state index in [9.17, 15) is 0 Å². The van der Waals surface area contributed by atoms with Crippen LogP contribution in [0.15, 0.2) is 40.9 Å². The second-order valence-corrected chi connectivity index (χ2v) is 5.46. The molecule has 0 amide bonds. The molecule has 0 atom stereocenters. The van der Waals surface area contributed by atoms with E-state index in [0.717, 1.165) is 15.6 Å². The molecule has 3 nitrogen and oxygen atoms in total. The van der Waals surface area contributed by atoms with Crippen LogP contribution in [0.1, 0.15) is 5.56 Å². The third-order valence-electron chi connectivity index (χ3n) is 2.70. The largest absolute Gasteiger partial charge is 0.496 e. The van der Waals surface area contributed by atoms with Crippen molar-refractivity contribution in [3.05, 3.63) is 46.4 Å². The van der Waals surface area contributed by atoms with Crippen molar-refractivity contribution in [2.24, 2.45) is 0 Å². The Morgan fingerprint density at radius 3 is 2.00 bits per heavy atom. The summed E-state index contributed by atoms with van der Waals surface area (Å²) in [6, 6.07) is 11.4. The minimum absolute atomic E-state index is 0.661. The number of methoxy groups -OCH3 is 2. The average molecular weight is 402 g/mol. The molecule has 0 fully saturated rings. The quantitative estimate of drug-likeness (QED) is 0.648. The van der Waals surface area contributed by atoms with Crippen LogP contribution in [0, 0.1) is 0 Å². The standard InChI is InChI=1S/C15H14Br2O3/c1-18-11-6-12(19-2)8-13(7-11)20-15-4-3-10(9-16)5-14(15)17/h3-8H,9H2,1-2H3. The van der Waals surface area contributed by atoms with Crippen molar-refractivity contribution >= 4 is 31.9 Å². The van der Waals surface area contributed by atoms with Gasteiger partial charge in [0.1, 0.15) is 23.0 Å². The van der Waals surface area contributed by atoms with Gasteiger partial charge in [-0.25, -0.2) is 0 Å². The van der Waals surface area contributed by atoms with Crippen molar-refractivity contribution in [2.45, 2.75) is 5.33 Å². The monoisotopic (exact) mass is 400 g/mol. The minimum atomic E-state index is 0.661. The molecule has 0 heterocycles. The van der Waals surface area contributed by atoms with Crippen LogP contribution in [0.3, 0.4) is 0 Å². The van der Waals surface area contributed by atoms with Gasteiger partial charge < -0.3 is 14.2 Å². The number of benzene rings is 2. The molecule has 0 aliphatic heterocycles. The normalized spacial score (nSPS) is 10.2. The van der Waals surface area contributed by atoms with E-state index in [1.54, 1.807) is 20.3 Å². The van der Waals surface area contributed by atoms with Crippen LogP contribution in [0.2, 0.25) is 0 Å². The SMILES string of the molecule is COc1cc(OC)cc(Oc2ccc(CBr)cc2Br)c1. The Morgan fingerprint density at radius 2 is 1.50 bits per heavy atom. The van der Waals surface area contributed by atoms with Gasteiger partial charge in [0.2, 0.25) is 0 Å². The van der Waals surface area contributed by atoms with Gasteiger partial charge in [0.15, 0.2) is 0 Å². The van der Waals surface area contributed by atoms with Gasteiger partial charge in [-0.1, -0.05) is 22.0 Å². The van der Waals surface area contributed by atoms with Gasteiger partial charge in [0.05, 0.1) is 18.7 Å². The molecule has 0 aliphatic rings. The van der Waals surface area contributed by atoms with Gasteiger partial charge in [-0.15, -0.1) is 0 Å². The zero-order valence-electron chi connectivity index (χ0n) is 11.2. The van der Waals surface area contributed by atoms with Crippen LogP contribution < -0.4 is 14.2 Å². The van der Waals surface area contributed by atoms with Crippen LogP contribution >= 0.6 is 31.9 Å². The first-order valence-electron chi connectivity index (χ1n) is 5.91. The van der Waals surface area contributed by atoms with Crippen LogP contribution in [0.25, 0.3) is 0 Å². The van der Waals surface area contributed by atoms with Gasteiger partial charge >= 0.3 is 0 Å². The summed E-state index contributed by atoms with van der Waals surface area (Å²) in [6.07, 6.45) is 0. The topological polar surface area (TPSA) is 27.7 Å². The molecule has 0 bridgehead atoms. The second-order valence-electron chi connectivity index (χ2n) is 4.05. The number of rotatable bonds is 5. The summed E-state index contributed by atoms with van der Waals surface area (Å²) in [5, 5.41) is 0.804. The highest BCUT2D eigenvalue weighted by Gasteiger charge is 2.07. The lowest BCUT2D eigenvalue weighted by Crippen LogP contribution is -1.91. The highest BCUT2D eigenvalue weighted by atomic mass is 79.9. The fraction of sp³-hybridized carbons (Fsp3) is 0.200. The van der Waals surface area contributed by atoms with Gasteiger partial charge in [-0.2, -0.15) is 0 Å². The zero-order valence-corrected chi connectivity index (χ0v) is 14.3. The number of hydrogen-bond acceptors (Lipinski definition) is 3. The summed E-state index contributed by atoms with van der Waals surface area (Å²) in [5.74, 6) is 2.78. The summed E-state index contributed by atoms with van der Waals surface area (Å²) < 4.78 is 17.2. The van der Waals surface area contributed by atoms with E-state index in [0.29, 0.717) is 17.2 Å². The Labute approximate surface area is 135 Å². The van der Waals surface area contributed by atoms with E-state index in [4.69, 9.17) is 14.2 Å². The van der Waals surface area contributed by atoms with E-state index >= 15 is 0 Å². The molecule has 20 heavy (non-hydrogen) atoms. The van der Waals surface area contributed by atoms with Crippen LogP contribution in [-0.2, 0) is 5.33 Å². The van der Waals surface area contributed by atoms with E-state index in [2.05, 4.69) is 31.9 Å². The fourth-order valence-corrected chi connectivity index (χ4v) is 2.53. The Morgan fingerprint density at radius 1 is 0.900 bits per heavy atom. The first kappa shape index (κ1) is 15.2. The first-order valence-corrected chi connectivity index (χ1v) is 7.83. The molecule has 2 aromatic rings.